The lowest BCUT2D eigenvalue weighted by molar-refractivity contribution is -0.112. The molecular weight excluding hydrogens is 479 g/mol. The number of carbonyl (C=O) groups excluding carboxylic acids is 1. The Morgan fingerprint density at radius 2 is 1.71 bits per heavy atom. The largest absolute Gasteiger partial charge is 0.488 e. The number of rotatable bonds is 6. The summed E-state index contributed by atoms with van der Waals surface area (Å²) in [5.74, 6) is 0.0250. The van der Waals surface area contributed by atoms with Gasteiger partial charge >= 0.3 is 0 Å². The van der Waals surface area contributed by atoms with Gasteiger partial charge < -0.3 is 10.1 Å². The van der Waals surface area contributed by atoms with Crippen molar-refractivity contribution in [2.24, 2.45) is 0 Å². The number of halogens is 2. The van der Waals surface area contributed by atoms with Gasteiger partial charge in [-0.3, -0.25) is 4.79 Å². The number of nitrogens with zero attached hydrogens (tertiary/aromatic N) is 1. The fourth-order valence-electron chi connectivity index (χ4n) is 3.93. The molecule has 0 radical (unpaired) electrons. The maximum Gasteiger partial charge on any atom is 0.266 e. The summed E-state index contributed by atoms with van der Waals surface area (Å²) in [6.07, 6.45) is 1.56. The minimum atomic E-state index is -0.556. The molecule has 0 saturated heterocycles. The van der Waals surface area contributed by atoms with E-state index in [1.807, 2.05) is 56.3 Å². The highest BCUT2D eigenvalue weighted by molar-refractivity contribution is 6.42. The number of hydrogen-bond donors (Lipinski definition) is 1. The van der Waals surface area contributed by atoms with Crippen molar-refractivity contribution in [1.82, 2.24) is 0 Å². The normalized spacial score (nSPS) is 11.2. The molecule has 1 N–H and O–H groups in total. The first-order valence-electron chi connectivity index (χ1n) is 10.9. The van der Waals surface area contributed by atoms with E-state index in [4.69, 9.17) is 27.9 Å². The summed E-state index contributed by atoms with van der Waals surface area (Å²) in [6.45, 7) is 4.46. The Balaban J connectivity index is 1.70. The summed E-state index contributed by atoms with van der Waals surface area (Å²) in [6, 6.07) is 24.6. The van der Waals surface area contributed by atoms with E-state index < -0.39 is 5.91 Å². The molecule has 0 aromatic heterocycles. The summed E-state index contributed by atoms with van der Waals surface area (Å²) in [5, 5.41) is 15.0. The first kappa shape index (κ1) is 24.3. The second-order valence-corrected chi connectivity index (χ2v) is 9.05. The quantitative estimate of drug-likeness (QED) is 0.216. The highest BCUT2D eigenvalue weighted by atomic mass is 35.5. The zero-order chi connectivity index (χ0) is 24.9. The van der Waals surface area contributed by atoms with Crippen LogP contribution in [0.15, 0.2) is 78.4 Å². The number of fused-ring (bicyclic) bond motifs is 1. The van der Waals surface area contributed by atoms with Crippen LogP contribution < -0.4 is 10.1 Å². The number of hydrogen-bond acceptors (Lipinski definition) is 3. The van der Waals surface area contributed by atoms with Gasteiger partial charge in [0, 0.05) is 11.3 Å². The SMILES string of the molecule is Cc1cc(C)cc(COc2ccc3ccccc3c2/C=C(\C#N)C(=O)Nc2ccc(Cl)c(Cl)c2)c1. The third-order valence-corrected chi connectivity index (χ3v) is 6.18. The van der Waals surface area contributed by atoms with E-state index in [0.717, 1.165) is 27.5 Å². The fourth-order valence-corrected chi connectivity index (χ4v) is 4.23. The van der Waals surface area contributed by atoms with E-state index in [0.29, 0.717) is 33.7 Å². The Kier molecular flexibility index (Phi) is 7.41. The van der Waals surface area contributed by atoms with Gasteiger partial charge in [-0.1, -0.05) is 82.9 Å². The molecular formula is C29H22Cl2N2O2. The van der Waals surface area contributed by atoms with Gasteiger partial charge in [-0.05, 0) is 60.5 Å². The molecule has 4 rings (SSSR count). The van der Waals surface area contributed by atoms with Crippen LogP contribution in [0.4, 0.5) is 5.69 Å². The second-order valence-electron chi connectivity index (χ2n) is 8.24. The van der Waals surface area contributed by atoms with Crippen LogP contribution in [-0.2, 0) is 11.4 Å². The van der Waals surface area contributed by atoms with Crippen molar-refractivity contribution in [2.45, 2.75) is 20.5 Å². The van der Waals surface area contributed by atoms with Crippen LogP contribution in [0.2, 0.25) is 10.0 Å². The summed E-state index contributed by atoms with van der Waals surface area (Å²) >= 11 is 12.0. The van der Waals surface area contributed by atoms with E-state index in [9.17, 15) is 10.1 Å². The first-order valence-corrected chi connectivity index (χ1v) is 11.7. The van der Waals surface area contributed by atoms with Crippen molar-refractivity contribution in [3.8, 4) is 11.8 Å². The monoisotopic (exact) mass is 500 g/mol. The van der Waals surface area contributed by atoms with Crippen LogP contribution in [0.5, 0.6) is 5.75 Å². The molecule has 4 aromatic carbocycles. The molecule has 0 aliphatic heterocycles. The standard InChI is InChI=1S/C29H22Cl2N2O2/c1-18-11-19(2)13-20(12-18)17-35-28-10-7-21-5-3-4-6-24(21)25(28)14-22(16-32)29(34)33-23-8-9-26(30)27(31)15-23/h3-15H,17H2,1-2H3,(H,33,34)/b22-14+. The fraction of sp³-hybridized carbons (Fsp3) is 0.103. The lowest BCUT2D eigenvalue weighted by atomic mass is 10.0. The Labute approximate surface area is 214 Å². The van der Waals surface area contributed by atoms with Gasteiger partial charge in [-0.25, -0.2) is 0 Å². The third-order valence-electron chi connectivity index (χ3n) is 5.44. The maximum atomic E-state index is 12.9. The number of anilines is 1. The van der Waals surface area contributed by atoms with E-state index in [1.165, 1.54) is 6.07 Å². The molecule has 0 heterocycles. The Bertz CT molecular complexity index is 1480. The lowest BCUT2D eigenvalue weighted by Gasteiger charge is -2.14. The van der Waals surface area contributed by atoms with Gasteiger partial charge in [0.2, 0.25) is 0 Å². The number of benzene rings is 4. The van der Waals surface area contributed by atoms with Gasteiger partial charge in [0.05, 0.1) is 10.0 Å². The molecule has 0 saturated carbocycles. The van der Waals surface area contributed by atoms with Crippen molar-refractivity contribution in [1.29, 1.82) is 5.26 Å². The van der Waals surface area contributed by atoms with Crippen LogP contribution in [0.1, 0.15) is 22.3 Å². The first-order chi connectivity index (χ1) is 16.8. The van der Waals surface area contributed by atoms with E-state index in [-0.39, 0.29) is 5.57 Å². The molecule has 174 valence electrons. The molecule has 0 fully saturated rings. The number of amides is 1. The van der Waals surface area contributed by atoms with Crippen molar-refractivity contribution < 1.29 is 9.53 Å². The van der Waals surface area contributed by atoms with Crippen molar-refractivity contribution in [3.63, 3.8) is 0 Å². The van der Waals surface area contributed by atoms with Gasteiger partial charge in [0.15, 0.2) is 0 Å². The van der Waals surface area contributed by atoms with Crippen LogP contribution >= 0.6 is 23.2 Å². The molecule has 6 heteroatoms. The van der Waals surface area contributed by atoms with Gasteiger partial charge in [-0.15, -0.1) is 0 Å². The predicted molar refractivity (Wildman–Crippen MR) is 143 cm³/mol. The molecule has 35 heavy (non-hydrogen) atoms. The molecule has 0 aliphatic carbocycles. The molecule has 4 nitrogen and oxygen atoms in total. The third kappa shape index (κ3) is 5.84. The predicted octanol–water partition coefficient (Wildman–Crippen LogP) is 7.89. The summed E-state index contributed by atoms with van der Waals surface area (Å²) in [4.78, 5) is 12.9. The molecule has 0 atom stereocenters. The summed E-state index contributed by atoms with van der Waals surface area (Å²) in [5.41, 5.74) is 4.40. The number of nitriles is 1. The molecule has 0 aliphatic rings. The Morgan fingerprint density at radius 3 is 2.43 bits per heavy atom. The average Bonchev–Trinajstić information content (AvgIpc) is 2.83. The van der Waals surface area contributed by atoms with Crippen LogP contribution in [0, 0.1) is 25.2 Å². The number of aryl methyl sites for hydroxylation is 2. The number of ether oxygens (including phenoxy) is 1. The topological polar surface area (TPSA) is 62.1 Å². The Morgan fingerprint density at radius 1 is 0.971 bits per heavy atom. The smallest absolute Gasteiger partial charge is 0.266 e. The number of nitrogens with one attached hydrogen (secondary N) is 1. The minimum absolute atomic E-state index is 0.0660. The van der Waals surface area contributed by atoms with Gasteiger partial charge in [0.1, 0.15) is 24.0 Å². The lowest BCUT2D eigenvalue weighted by Crippen LogP contribution is -2.13. The van der Waals surface area contributed by atoms with Crippen molar-refractivity contribution in [3.05, 3.63) is 111 Å². The van der Waals surface area contributed by atoms with Crippen molar-refractivity contribution in [2.75, 3.05) is 5.32 Å². The summed E-state index contributed by atoms with van der Waals surface area (Å²) < 4.78 is 6.20. The Hall–Kier alpha value is -3.78. The molecule has 1 amide bonds. The van der Waals surface area contributed by atoms with E-state index in [1.54, 1.807) is 18.2 Å². The molecule has 0 bridgehead atoms. The highest BCUT2D eigenvalue weighted by Crippen LogP contribution is 2.31. The van der Waals surface area contributed by atoms with Crippen molar-refractivity contribution >= 4 is 51.6 Å². The number of carbonyl (C=O) groups is 1. The highest BCUT2D eigenvalue weighted by Gasteiger charge is 2.14. The summed E-state index contributed by atoms with van der Waals surface area (Å²) in [7, 11) is 0. The average molecular weight is 501 g/mol. The van der Waals surface area contributed by atoms with E-state index >= 15 is 0 Å². The molecule has 0 unspecified atom stereocenters. The second kappa shape index (κ2) is 10.7. The maximum absolute atomic E-state index is 12.9. The molecule has 4 aromatic rings. The van der Waals surface area contributed by atoms with Crippen LogP contribution in [0.3, 0.4) is 0 Å². The van der Waals surface area contributed by atoms with Crippen LogP contribution in [0.25, 0.3) is 16.8 Å². The zero-order valence-electron chi connectivity index (χ0n) is 19.2. The van der Waals surface area contributed by atoms with Gasteiger partial charge in [0.25, 0.3) is 5.91 Å². The van der Waals surface area contributed by atoms with Crippen LogP contribution in [-0.4, -0.2) is 5.91 Å². The molecule has 0 spiro atoms. The minimum Gasteiger partial charge on any atom is -0.488 e. The zero-order valence-corrected chi connectivity index (χ0v) is 20.7. The van der Waals surface area contributed by atoms with Gasteiger partial charge in [-0.2, -0.15) is 5.26 Å². The van der Waals surface area contributed by atoms with E-state index in [2.05, 4.69) is 23.5 Å².